The standard InChI is InChI=1S/C14H11BrN2O2/c1-8-2-7-11(18-8)13-12(14(16)19-17-13)9-3-5-10(15)6-4-9/h2-7H,16H2,1H3. The average molecular weight is 319 g/mol. The third-order valence-corrected chi connectivity index (χ3v) is 3.35. The first-order valence-electron chi connectivity index (χ1n) is 5.73. The molecule has 3 aromatic rings. The molecule has 0 aliphatic rings. The first-order valence-corrected chi connectivity index (χ1v) is 6.52. The van der Waals surface area contributed by atoms with E-state index in [4.69, 9.17) is 14.7 Å². The molecule has 2 N–H and O–H groups in total. The largest absolute Gasteiger partial charge is 0.460 e. The lowest BCUT2D eigenvalue weighted by molar-refractivity contribution is 0.435. The molecule has 0 aliphatic heterocycles. The van der Waals surface area contributed by atoms with Crippen LogP contribution in [0.15, 0.2) is 49.8 Å². The van der Waals surface area contributed by atoms with Crippen LogP contribution in [0.1, 0.15) is 5.76 Å². The van der Waals surface area contributed by atoms with Crippen LogP contribution in [-0.4, -0.2) is 5.16 Å². The van der Waals surface area contributed by atoms with Crippen LogP contribution >= 0.6 is 15.9 Å². The smallest absolute Gasteiger partial charge is 0.230 e. The maximum Gasteiger partial charge on any atom is 0.230 e. The topological polar surface area (TPSA) is 65.2 Å². The summed E-state index contributed by atoms with van der Waals surface area (Å²) in [5, 5.41) is 3.99. The zero-order valence-electron chi connectivity index (χ0n) is 10.2. The number of hydrogen-bond donors (Lipinski definition) is 1. The SMILES string of the molecule is Cc1ccc(-c2noc(N)c2-c2ccc(Br)cc2)o1. The highest BCUT2D eigenvalue weighted by molar-refractivity contribution is 9.10. The number of halogens is 1. The van der Waals surface area contributed by atoms with Gasteiger partial charge in [0.05, 0.1) is 5.56 Å². The van der Waals surface area contributed by atoms with Gasteiger partial charge in [0.25, 0.3) is 0 Å². The van der Waals surface area contributed by atoms with Crippen molar-refractivity contribution in [3.05, 3.63) is 46.6 Å². The van der Waals surface area contributed by atoms with Crippen LogP contribution in [0.25, 0.3) is 22.6 Å². The van der Waals surface area contributed by atoms with Crippen LogP contribution in [0, 0.1) is 6.92 Å². The number of aromatic nitrogens is 1. The van der Waals surface area contributed by atoms with Crippen molar-refractivity contribution in [2.75, 3.05) is 5.73 Å². The van der Waals surface area contributed by atoms with Gasteiger partial charge in [0.1, 0.15) is 5.76 Å². The number of rotatable bonds is 2. The van der Waals surface area contributed by atoms with Gasteiger partial charge in [-0.05, 0) is 36.8 Å². The predicted molar refractivity (Wildman–Crippen MR) is 76.5 cm³/mol. The summed E-state index contributed by atoms with van der Waals surface area (Å²) in [7, 11) is 0. The molecule has 0 amide bonds. The molecule has 3 rings (SSSR count). The monoisotopic (exact) mass is 318 g/mol. The van der Waals surface area contributed by atoms with Gasteiger partial charge in [0, 0.05) is 4.47 Å². The second-order valence-corrected chi connectivity index (χ2v) is 5.10. The molecule has 0 saturated heterocycles. The van der Waals surface area contributed by atoms with E-state index in [9.17, 15) is 0 Å². The molecule has 0 bridgehead atoms. The van der Waals surface area contributed by atoms with E-state index in [-0.39, 0.29) is 5.88 Å². The van der Waals surface area contributed by atoms with Crippen molar-refractivity contribution in [3.8, 4) is 22.6 Å². The number of furan rings is 1. The lowest BCUT2D eigenvalue weighted by Crippen LogP contribution is -1.86. The number of nitrogens with zero attached hydrogens (tertiary/aromatic N) is 1. The van der Waals surface area contributed by atoms with Crippen molar-refractivity contribution < 1.29 is 8.94 Å². The van der Waals surface area contributed by atoms with Crippen LogP contribution < -0.4 is 5.73 Å². The van der Waals surface area contributed by atoms with Crippen molar-refractivity contribution >= 4 is 21.8 Å². The second kappa shape index (κ2) is 4.59. The highest BCUT2D eigenvalue weighted by Crippen LogP contribution is 2.37. The first kappa shape index (κ1) is 12.0. The zero-order valence-corrected chi connectivity index (χ0v) is 11.8. The molecule has 0 radical (unpaired) electrons. The van der Waals surface area contributed by atoms with Gasteiger partial charge in [-0.1, -0.05) is 33.2 Å². The van der Waals surface area contributed by atoms with E-state index in [0.717, 1.165) is 21.4 Å². The van der Waals surface area contributed by atoms with Crippen LogP contribution in [0.2, 0.25) is 0 Å². The minimum absolute atomic E-state index is 0.284. The number of aryl methyl sites for hydroxylation is 1. The maximum atomic E-state index is 5.87. The quantitative estimate of drug-likeness (QED) is 0.766. The van der Waals surface area contributed by atoms with Crippen molar-refractivity contribution in [3.63, 3.8) is 0 Å². The van der Waals surface area contributed by atoms with Crippen LogP contribution in [0.4, 0.5) is 5.88 Å². The van der Waals surface area contributed by atoms with Gasteiger partial charge >= 0.3 is 0 Å². The molecule has 1 aromatic carbocycles. The first-order chi connectivity index (χ1) is 9.15. The summed E-state index contributed by atoms with van der Waals surface area (Å²) in [5.41, 5.74) is 8.18. The number of anilines is 1. The Bertz CT molecular complexity index is 713. The summed E-state index contributed by atoms with van der Waals surface area (Å²) >= 11 is 3.41. The van der Waals surface area contributed by atoms with Gasteiger partial charge in [-0.3, -0.25) is 0 Å². The molecule has 96 valence electrons. The Balaban J connectivity index is 2.16. The summed E-state index contributed by atoms with van der Waals surface area (Å²) in [4.78, 5) is 0. The molecule has 4 nitrogen and oxygen atoms in total. The molecular weight excluding hydrogens is 308 g/mol. The summed E-state index contributed by atoms with van der Waals surface area (Å²) in [6.45, 7) is 1.88. The molecule has 2 aromatic heterocycles. The highest BCUT2D eigenvalue weighted by atomic mass is 79.9. The van der Waals surface area contributed by atoms with E-state index in [1.54, 1.807) is 0 Å². The number of nitrogens with two attached hydrogens (primary N) is 1. The predicted octanol–water partition coefficient (Wildman–Crippen LogP) is 4.25. The zero-order chi connectivity index (χ0) is 13.4. The third-order valence-electron chi connectivity index (χ3n) is 2.83. The molecule has 5 heteroatoms. The van der Waals surface area contributed by atoms with Crippen LogP contribution in [0.5, 0.6) is 0 Å². The van der Waals surface area contributed by atoms with Gasteiger partial charge in [-0.15, -0.1) is 0 Å². The summed E-state index contributed by atoms with van der Waals surface area (Å²) in [6, 6.07) is 11.5. The maximum absolute atomic E-state index is 5.87. The molecular formula is C14H11BrN2O2. The molecule has 0 fully saturated rings. The van der Waals surface area contributed by atoms with Crippen molar-refractivity contribution in [1.82, 2.24) is 5.16 Å². The molecule has 0 unspecified atom stereocenters. The Morgan fingerprint density at radius 1 is 1.11 bits per heavy atom. The van der Waals surface area contributed by atoms with Gasteiger partial charge in [-0.25, -0.2) is 0 Å². The minimum atomic E-state index is 0.284. The van der Waals surface area contributed by atoms with Gasteiger partial charge in [0.2, 0.25) is 5.88 Å². The van der Waals surface area contributed by atoms with Crippen molar-refractivity contribution in [2.45, 2.75) is 6.92 Å². The fourth-order valence-electron chi connectivity index (χ4n) is 1.93. The van der Waals surface area contributed by atoms with E-state index < -0.39 is 0 Å². The Kier molecular flexibility index (Phi) is 2.91. The van der Waals surface area contributed by atoms with Crippen molar-refractivity contribution in [2.24, 2.45) is 0 Å². The normalized spacial score (nSPS) is 10.8. The molecule has 2 heterocycles. The van der Waals surface area contributed by atoms with Gasteiger partial charge in [0.15, 0.2) is 11.5 Å². The molecule has 0 atom stereocenters. The highest BCUT2D eigenvalue weighted by Gasteiger charge is 2.19. The third kappa shape index (κ3) is 2.17. The number of hydrogen-bond acceptors (Lipinski definition) is 4. The van der Waals surface area contributed by atoms with E-state index in [1.807, 2.05) is 43.3 Å². The fourth-order valence-corrected chi connectivity index (χ4v) is 2.19. The fraction of sp³-hybridized carbons (Fsp3) is 0.0714. The van der Waals surface area contributed by atoms with Gasteiger partial charge in [-0.2, -0.15) is 0 Å². The summed E-state index contributed by atoms with van der Waals surface area (Å²) in [5.74, 6) is 1.75. The molecule has 0 aliphatic carbocycles. The summed E-state index contributed by atoms with van der Waals surface area (Å²) in [6.07, 6.45) is 0. The van der Waals surface area contributed by atoms with E-state index in [0.29, 0.717) is 11.5 Å². The second-order valence-electron chi connectivity index (χ2n) is 4.19. The van der Waals surface area contributed by atoms with Crippen LogP contribution in [0.3, 0.4) is 0 Å². The van der Waals surface area contributed by atoms with E-state index >= 15 is 0 Å². The number of benzene rings is 1. The molecule has 0 spiro atoms. The summed E-state index contributed by atoms with van der Waals surface area (Å²) < 4.78 is 11.7. The Morgan fingerprint density at radius 3 is 2.47 bits per heavy atom. The van der Waals surface area contributed by atoms with Crippen molar-refractivity contribution in [1.29, 1.82) is 0 Å². The van der Waals surface area contributed by atoms with Crippen LogP contribution in [-0.2, 0) is 0 Å². The number of nitrogen functional groups attached to an aromatic ring is 1. The lowest BCUT2D eigenvalue weighted by Gasteiger charge is -2.01. The Labute approximate surface area is 118 Å². The van der Waals surface area contributed by atoms with Gasteiger partial charge < -0.3 is 14.7 Å². The molecule has 0 saturated carbocycles. The molecule has 19 heavy (non-hydrogen) atoms. The Hall–Kier alpha value is -2.01. The average Bonchev–Trinajstić information content (AvgIpc) is 2.97. The van der Waals surface area contributed by atoms with E-state index in [1.165, 1.54) is 0 Å². The Morgan fingerprint density at radius 2 is 1.84 bits per heavy atom. The lowest BCUT2D eigenvalue weighted by atomic mass is 10.0. The minimum Gasteiger partial charge on any atom is -0.460 e. The van der Waals surface area contributed by atoms with E-state index in [2.05, 4.69) is 21.1 Å².